The molecule has 0 unspecified atom stereocenters. The zero-order valence-electron chi connectivity index (χ0n) is 15.7. The van der Waals surface area contributed by atoms with Crippen molar-refractivity contribution in [3.8, 4) is 0 Å². The summed E-state index contributed by atoms with van der Waals surface area (Å²) in [5, 5.41) is 5.09. The normalized spacial score (nSPS) is 10.9. The number of hydrogen-bond donors (Lipinski definition) is 1. The van der Waals surface area contributed by atoms with Crippen LogP contribution in [0.15, 0.2) is 47.5 Å². The summed E-state index contributed by atoms with van der Waals surface area (Å²) in [4.78, 5) is 17.1. The van der Waals surface area contributed by atoms with Crippen LogP contribution in [0.2, 0.25) is 0 Å². The quantitative estimate of drug-likeness (QED) is 0.612. The highest BCUT2D eigenvalue weighted by atomic mass is 32.2. The van der Waals surface area contributed by atoms with E-state index in [2.05, 4.69) is 51.2 Å². The monoisotopic (exact) mass is 364 g/mol. The summed E-state index contributed by atoms with van der Waals surface area (Å²) in [7, 11) is 0. The van der Waals surface area contributed by atoms with Crippen LogP contribution in [0.25, 0.3) is 10.9 Å². The minimum absolute atomic E-state index is 0.00363. The summed E-state index contributed by atoms with van der Waals surface area (Å²) in [6, 6.07) is 14.3. The molecule has 3 nitrogen and oxygen atoms in total. The lowest BCUT2D eigenvalue weighted by molar-refractivity contribution is -0.113. The van der Waals surface area contributed by atoms with Gasteiger partial charge in [0.1, 0.15) is 0 Å². The Labute approximate surface area is 159 Å². The molecule has 1 aromatic heterocycles. The molecule has 0 spiro atoms. The van der Waals surface area contributed by atoms with Gasteiger partial charge in [-0.2, -0.15) is 0 Å². The standard InChI is InChI=1S/C22H24N2OS/c1-5-17-8-6-7-9-19(17)23-20(25)13-26-21-12-15(3)18-11-14(2)10-16(4)22(18)24-21/h6-12H,5,13H2,1-4H3,(H,23,25). The van der Waals surface area contributed by atoms with Gasteiger partial charge >= 0.3 is 0 Å². The predicted octanol–water partition coefficient (Wildman–Crippen LogP) is 5.45. The number of aryl methyl sites for hydroxylation is 4. The fourth-order valence-corrected chi connectivity index (χ4v) is 3.93. The van der Waals surface area contributed by atoms with Crippen LogP contribution in [0.4, 0.5) is 5.69 Å². The minimum Gasteiger partial charge on any atom is -0.325 e. The number of nitrogens with zero attached hydrogens (tertiary/aromatic N) is 1. The Morgan fingerprint density at radius 3 is 2.62 bits per heavy atom. The number of aromatic nitrogens is 1. The van der Waals surface area contributed by atoms with Crippen LogP contribution in [-0.4, -0.2) is 16.6 Å². The first-order valence-electron chi connectivity index (χ1n) is 8.87. The molecule has 0 aliphatic rings. The van der Waals surface area contributed by atoms with Gasteiger partial charge in [-0.25, -0.2) is 4.98 Å². The molecule has 0 atom stereocenters. The van der Waals surface area contributed by atoms with Crippen LogP contribution in [0, 0.1) is 20.8 Å². The van der Waals surface area contributed by atoms with E-state index in [1.54, 1.807) is 0 Å². The molecule has 3 rings (SSSR count). The molecule has 1 amide bonds. The maximum absolute atomic E-state index is 12.4. The summed E-state index contributed by atoms with van der Waals surface area (Å²) in [5.41, 5.74) is 6.68. The Kier molecular flexibility index (Phi) is 5.62. The third-order valence-electron chi connectivity index (χ3n) is 4.46. The molecule has 1 heterocycles. The molecule has 0 fully saturated rings. The number of para-hydroxylation sites is 1. The van der Waals surface area contributed by atoms with E-state index >= 15 is 0 Å². The number of carbonyl (C=O) groups excluding carboxylic acids is 1. The summed E-state index contributed by atoms with van der Waals surface area (Å²) in [5.74, 6) is 0.344. The average molecular weight is 365 g/mol. The Morgan fingerprint density at radius 2 is 1.85 bits per heavy atom. The first-order valence-corrected chi connectivity index (χ1v) is 9.85. The Morgan fingerprint density at radius 1 is 1.08 bits per heavy atom. The number of rotatable bonds is 5. The zero-order chi connectivity index (χ0) is 18.7. The van der Waals surface area contributed by atoms with Crippen LogP contribution >= 0.6 is 11.8 Å². The lowest BCUT2D eigenvalue weighted by Crippen LogP contribution is -2.15. The van der Waals surface area contributed by atoms with Gasteiger partial charge in [0.2, 0.25) is 5.91 Å². The second-order valence-corrected chi connectivity index (χ2v) is 7.60. The first-order chi connectivity index (χ1) is 12.5. The van der Waals surface area contributed by atoms with Crippen molar-refractivity contribution in [3.63, 3.8) is 0 Å². The van der Waals surface area contributed by atoms with Crippen LogP contribution in [0.5, 0.6) is 0 Å². The van der Waals surface area contributed by atoms with Crippen LogP contribution in [-0.2, 0) is 11.2 Å². The van der Waals surface area contributed by atoms with Gasteiger partial charge < -0.3 is 5.32 Å². The Balaban J connectivity index is 1.74. The number of fused-ring (bicyclic) bond motifs is 1. The second-order valence-electron chi connectivity index (χ2n) is 6.60. The van der Waals surface area contributed by atoms with E-state index in [1.165, 1.54) is 33.8 Å². The third-order valence-corrected chi connectivity index (χ3v) is 5.37. The van der Waals surface area contributed by atoms with E-state index in [9.17, 15) is 4.79 Å². The maximum atomic E-state index is 12.4. The van der Waals surface area contributed by atoms with Gasteiger partial charge in [0.05, 0.1) is 16.3 Å². The SMILES string of the molecule is CCc1ccccc1NC(=O)CSc1cc(C)c2cc(C)cc(C)c2n1. The molecular weight excluding hydrogens is 340 g/mol. The molecule has 0 saturated carbocycles. The maximum Gasteiger partial charge on any atom is 0.234 e. The van der Waals surface area contributed by atoms with Crippen molar-refractivity contribution in [3.05, 3.63) is 64.7 Å². The smallest absolute Gasteiger partial charge is 0.234 e. The minimum atomic E-state index is -0.00363. The van der Waals surface area contributed by atoms with Crippen LogP contribution in [0.3, 0.4) is 0 Å². The molecular formula is C22H24N2OS. The lowest BCUT2D eigenvalue weighted by atomic mass is 10.0. The van der Waals surface area contributed by atoms with E-state index in [1.807, 2.05) is 24.3 Å². The molecule has 0 radical (unpaired) electrons. The van der Waals surface area contributed by atoms with E-state index in [-0.39, 0.29) is 5.91 Å². The van der Waals surface area contributed by atoms with Crippen molar-refractivity contribution >= 4 is 34.3 Å². The van der Waals surface area contributed by atoms with Crippen molar-refractivity contribution in [2.45, 2.75) is 39.1 Å². The average Bonchev–Trinajstić information content (AvgIpc) is 2.61. The molecule has 134 valence electrons. The highest BCUT2D eigenvalue weighted by Crippen LogP contribution is 2.27. The molecule has 0 bridgehead atoms. The highest BCUT2D eigenvalue weighted by molar-refractivity contribution is 7.99. The Bertz CT molecular complexity index is 966. The van der Waals surface area contributed by atoms with Gasteiger partial charge in [-0.1, -0.05) is 48.5 Å². The van der Waals surface area contributed by atoms with Gasteiger partial charge in [-0.3, -0.25) is 4.79 Å². The number of carbonyl (C=O) groups is 1. The van der Waals surface area contributed by atoms with E-state index in [4.69, 9.17) is 4.98 Å². The van der Waals surface area contributed by atoms with E-state index < -0.39 is 0 Å². The summed E-state index contributed by atoms with van der Waals surface area (Å²) < 4.78 is 0. The molecule has 4 heteroatoms. The lowest BCUT2D eigenvalue weighted by Gasteiger charge is -2.11. The zero-order valence-corrected chi connectivity index (χ0v) is 16.5. The fourth-order valence-electron chi connectivity index (χ4n) is 3.16. The first kappa shape index (κ1) is 18.5. The molecule has 3 aromatic rings. The number of anilines is 1. The third kappa shape index (κ3) is 4.07. The second kappa shape index (κ2) is 7.92. The Hall–Kier alpha value is -2.33. The molecule has 26 heavy (non-hydrogen) atoms. The largest absolute Gasteiger partial charge is 0.325 e. The van der Waals surface area contributed by atoms with Gasteiger partial charge in [-0.15, -0.1) is 0 Å². The fraction of sp³-hybridized carbons (Fsp3) is 0.273. The molecule has 0 aliphatic heterocycles. The van der Waals surface area contributed by atoms with Gasteiger partial charge in [0.15, 0.2) is 0 Å². The number of benzene rings is 2. The van der Waals surface area contributed by atoms with Crippen molar-refractivity contribution in [2.75, 3.05) is 11.1 Å². The van der Waals surface area contributed by atoms with Gasteiger partial charge in [-0.05, 0) is 62.1 Å². The number of pyridine rings is 1. The summed E-state index contributed by atoms with van der Waals surface area (Å²) in [6.45, 7) is 8.38. The molecule has 0 aliphatic carbocycles. The number of amides is 1. The van der Waals surface area contributed by atoms with Crippen molar-refractivity contribution < 1.29 is 4.79 Å². The van der Waals surface area contributed by atoms with E-state index in [0.29, 0.717) is 5.75 Å². The van der Waals surface area contributed by atoms with Crippen LogP contribution in [0.1, 0.15) is 29.2 Å². The summed E-state index contributed by atoms with van der Waals surface area (Å²) >= 11 is 1.48. The predicted molar refractivity (Wildman–Crippen MR) is 111 cm³/mol. The van der Waals surface area contributed by atoms with Crippen LogP contribution < -0.4 is 5.32 Å². The van der Waals surface area contributed by atoms with Gasteiger partial charge in [0, 0.05) is 11.1 Å². The van der Waals surface area contributed by atoms with Crippen molar-refractivity contribution in [1.82, 2.24) is 4.98 Å². The molecule has 2 aromatic carbocycles. The topological polar surface area (TPSA) is 42.0 Å². The number of hydrogen-bond acceptors (Lipinski definition) is 3. The van der Waals surface area contributed by atoms with Crippen molar-refractivity contribution in [2.24, 2.45) is 0 Å². The van der Waals surface area contributed by atoms with Crippen molar-refractivity contribution in [1.29, 1.82) is 0 Å². The highest BCUT2D eigenvalue weighted by Gasteiger charge is 2.10. The number of nitrogens with one attached hydrogen (secondary N) is 1. The summed E-state index contributed by atoms with van der Waals surface area (Å²) in [6.07, 6.45) is 0.897. The molecule has 0 saturated heterocycles. The number of thioether (sulfide) groups is 1. The molecule has 1 N–H and O–H groups in total. The van der Waals surface area contributed by atoms with E-state index in [0.717, 1.165) is 28.2 Å². The van der Waals surface area contributed by atoms with Gasteiger partial charge in [0.25, 0.3) is 0 Å².